The normalized spacial score (nSPS) is 17.7. The molecule has 1 saturated heterocycles. The molecule has 9 heteroatoms. The van der Waals surface area contributed by atoms with E-state index < -0.39 is 25.8 Å². The van der Waals surface area contributed by atoms with Crippen LogP contribution in [0, 0.1) is 5.92 Å². The van der Waals surface area contributed by atoms with Crippen molar-refractivity contribution in [3.63, 3.8) is 0 Å². The van der Waals surface area contributed by atoms with E-state index in [0.717, 1.165) is 5.56 Å². The number of nitrogens with one attached hydrogen (secondary N) is 2. The first-order valence-electron chi connectivity index (χ1n) is 6.74. The minimum Gasteiger partial charge on any atom is -0.355 e. The van der Waals surface area contributed by atoms with Gasteiger partial charge in [-0.15, -0.1) is 0 Å². The fraction of sp³-hybridized carbons (Fsp3) is 0.462. The Morgan fingerprint density at radius 1 is 1.23 bits per heavy atom. The number of carbonyl (C=O) groups is 1. The highest BCUT2D eigenvalue weighted by Gasteiger charge is 2.38. The van der Waals surface area contributed by atoms with Crippen LogP contribution in [0.4, 0.5) is 0 Å². The Kier molecular flexibility index (Phi) is 4.88. The van der Waals surface area contributed by atoms with Crippen LogP contribution in [0.3, 0.4) is 0 Å². The van der Waals surface area contributed by atoms with Crippen LogP contribution < -0.4 is 10.0 Å². The van der Waals surface area contributed by atoms with Crippen LogP contribution in [0.15, 0.2) is 29.2 Å². The first kappa shape index (κ1) is 16.9. The Morgan fingerprint density at radius 3 is 2.32 bits per heavy atom. The molecule has 1 aromatic rings. The standard InChI is InChI=1S/C13H18N2O5S2/c1-14-22(19,20)12-4-2-10(3-5-12)6-7-15-13(16)11-8-21(17,18)9-11/h2-5,11,14H,6-9H2,1H3,(H,15,16). The molecule has 1 aliphatic rings. The predicted octanol–water partition coefficient (Wildman–Crippen LogP) is -0.702. The summed E-state index contributed by atoms with van der Waals surface area (Å²) in [5.74, 6) is -0.831. The van der Waals surface area contributed by atoms with Gasteiger partial charge in [-0.3, -0.25) is 4.79 Å². The molecule has 0 atom stereocenters. The van der Waals surface area contributed by atoms with Crippen molar-refractivity contribution in [3.8, 4) is 0 Å². The second-order valence-electron chi connectivity index (χ2n) is 5.17. The van der Waals surface area contributed by atoms with Crippen LogP contribution in [0.2, 0.25) is 0 Å². The Balaban J connectivity index is 1.82. The number of sulfone groups is 1. The maximum absolute atomic E-state index is 11.7. The van der Waals surface area contributed by atoms with Crippen molar-refractivity contribution >= 4 is 25.8 Å². The van der Waals surface area contributed by atoms with Gasteiger partial charge in [0.2, 0.25) is 15.9 Å². The maximum Gasteiger partial charge on any atom is 0.240 e. The van der Waals surface area contributed by atoms with E-state index in [4.69, 9.17) is 0 Å². The number of hydrogen-bond acceptors (Lipinski definition) is 5. The lowest BCUT2D eigenvalue weighted by atomic mass is 10.1. The second-order valence-corrected chi connectivity index (χ2v) is 9.21. The van der Waals surface area contributed by atoms with Crippen molar-refractivity contribution in [3.05, 3.63) is 29.8 Å². The van der Waals surface area contributed by atoms with Crippen molar-refractivity contribution in [2.75, 3.05) is 25.1 Å². The summed E-state index contributed by atoms with van der Waals surface area (Å²) in [6.45, 7) is 0.382. The van der Waals surface area contributed by atoms with Crippen LogP contribution in [-0.4, -0.2) is 47.8 Å². The summed E-state index contributed by atoms with van der Waals surface area (Å²) in [6.07, 6.45) is 0.547. The minimum atomic E-state index is -3.44. The van der Waals surface area contributed by atoms with Crippen LogP contribution in [0.25, 0.3) is 0 Å². The summed E-state index contributed by atoms with van der Waals surface area (Å²) < 4.78 is 47.4. The van der Waals surface area contributed by atoms with Crippen molar-refractivity contribution in [2.24, 2.45) is 5.92 Å². The summed E-state index contributed by atoms with van der Waals surface area (Å²) in [5, 5.41) is 2.69. The average molecular weight is 346 g/mol. The van der Waals surface area contributed by atoms with E-state index in [9.17, 15) is 21.6 Å². The third-order valence-corrected chi connectivity index (χ3v) is 6.75. The number of amides is 1. The zero-order valence-electron chi connectivity index (χ0n) is 12.1. The molecule has 0 aliphatic carbocycles. The van der Waals surface area contributed by atoms with Gasteiger partial charge in [-0.05, 0) is 31.2 Å². The fourth-order valence-electron chi connectivity index (χ4n) is 2.14. The molecule has 22 heavy (non-hydrogen) atoms. The molecule has 1 heterocycles. The van der Waals surface area contributed by atoms with Crippen molar-refractivity contribution in [2.45, 2.75) is 11.3 Å². The summed E-state index contributed by atoms with van der Waals surface area (Å²) in [5.41, 5.74) is 0.886. The molecule has 1 fully saturated rings. The van der Waals surface area contributed by atoms with Crippen molar-refractivity contribution < 1.29 is 21.6 Å². The largest absolute Gasteiger partial charge is 0.355 e. The summed E-state index contributed by atoms with van der Waals surface area (Å²) >= 11 is 0. The molecule has 0 radical (unpaired) electrons. The lowest BCUT2D eigenvalue weighted by molar-refractivity contribution is -0.124. The molecule has 7 nitrogen and oxygen atoms in total. The molecule has 2 N–H and O–H groups in total. The molecular formula is C13H18N2O5S2. The highest BCUT2D eigenvalue weighted by atomic mass is 32.2. The number of rotatable bonds is 6. The number of carbonyl (C=O) groups excluding carboxylic acids is 1. The first-order chi connectivity index (χ1) is 10.2. The number of benzene rings is 1. The maximum atomic E-state index is 11.7. The van der Waals surface area contributed by atoms with E-state index in [1.807, 2.05) is 0 Å². The van der Waals surface area contributed by atoms with E-state index in [-0.39, 0.29) is 22.3 Å². The van der Waals surface area contributed by atoms with Gasteiger partial charge in [0.25, 0.3) is 0 Å². The quantitative estimate of drug-likeness (QED) is 0.708. The van der Waals surface area contributed by atoms with Crippen LogP contribution in [0.5, 0.6) is 0 Å². The Morgan fingerprint density at radius 2 is 1.82 bits per heavy atom. The molecule has 1 aromatic carbocycles. The van der Waals surface area contributed by atoms with Crippen LogP contribution in [-0.2, 0) is 31.1 Å². The minimum absolute atomic E-state index is 0.0740. The smallest absolute Gasteiger partial charge is 0.240 e. The van der Waals surface area contributed by atoms with Gasteiger partial charge in [0.15, 0.2) is 9.84 Å². The van der Waals surface area contributed by atoms with E-state index >= 15 is 0 Å². The van der Waals surface area contributed by atoms with Gasteiger partial charge in [0.05, 0.1) is 22.3 Å². The SMILES string of the molecule is CNS(=O)(=O)c1ccc(CCNC(=O)C2CS(=O)(=O)C2)cc1. The summed E-state index contributed by atoms with van der Waals surface area (Å²) in [6, 6.07) is 6.37. The van der Waals surface area contributed by atoms with Gasteiger partial charge in [-0.2, -0.15) is 0 Å². The second kappa shape index (κ2) is 6.35. The highest BCUT2D eigenvalue weighted by Crippen LogP contribution is 2.18. The molecule has 0 aromatic heterocycles. The summed E-state index contributed by atoms with van der Waals surface area (Å²) in [7, 11) is -5.09. The highest BCUT2D eigenvalue weighted by molar-refractivity contribution is 7.92. The third kappa shape index (κ3) is 4.05. The van der Waals surface area contributed by atoms with Gasteiger partial charge in [-0.25, -0.2) is 21.6 Å². The predicted molar refractivity (Wildman–Crippen MR) is 81.5 cm³/mol. The number of hydrogen-bond donors (Lipinski definition) is 2. The molecule has 1 amide bonds. The van der Waals surface area contributed by atoms with Crippen molar-refractivity contribution in [1.29, 1.82) is 0 Å². The van der Waals surface area contributed by atoms with Gasteiger partial charge in [0, 0.05) is 6.54 Å². The lowest BCUT2D eigenvalue weighted by Gasteiger charge is -2.24. The Labute approximate surface area is 130 Å². The Bertz CT molecular complexity index is 742. The molecule has 0 spiro atoms. The van der Waals surface area contributed by atoms with Crippen molar-refractivity contribution in [1.82, 2.24) is 10.0 Å². The molecule has 122 valence electrons. The molecular weight excluding hydrogens is 328 g/mol. The van der Waals surface area contributed by atoms with E-state index in [1.165, 1.54) is 19.2 Å². The van der Waals surface area contributed by atoms with Gasteiger partial charge >= 0.3 is 0 Å². The Hall–Kier alpha value is -1.45. The van der Waals surface area contributed by atoms with Crippen LogP contribution in [0.1, 0.15) is 5.56 Å². The monoisotopic (exact) mass is 346 g/mol. The van der Waals surface area contributed by atoms with E-state index in [2.05, 4.69) is 10.0 Å². The molecule has 2 rings (SSSR count). The zero-order chi connectivity index (χ0) is 16.4. The molecule has 0 saturated carbocycles. The zero-order valence-corrected chi connectivity index (χ0v) is 13.7. The fourth-order valence-corrected chi connectivity index (χ4v) is 4.30. The van der Waals surface area contributed by atoms with E-state index in [1.54, 1.807) is 12.1 Å². The topological polar surface area (TPSA) is 109 Å². The molecule has 1 aliphatic heterocycles. The summed E-state index contributed by atoms with van der Waals surface area (Å²) in [4.78, 5) is 11.8. The lowest BCUT2D eigenvalue weighted by Crippen LogP contribution is -2.47. The van der Waals surface area contributed by atoms with Gasteiger partial charge in [-0.1, -0.05) is 12.1 Å². The molecule has 0 bridgehead atoms. The van der Waals surface area contributed by atoms with Crippen LogP contribution >= 0.6 is 0 Å². The van der Waals surface area contributed by atoms with E-state index in [0.29, 0.717) is 13.0 Å². The van der Waals surface area contributed by atoms with Gasteiger partial charge in [0.1, 0.15) is 0 Å². The molecule has 0 unspecified atom stereocenters. The average Bonchev–Trinajstić information content (AvgIpc) is 2.45. The van der Waals surface area contributed by atoms with Gasteiger partial charge < -0.3 is 5.32 Å². The number of sulfonamides is 1. The first-order valence-corrected chi connectivity index (χ1v) is 10.0. The third-order valence-electron chi connectivity index (χ3n) is 3.50.